The summed E-state index contributed by atoms with van der Waals surface area (Å²) in [7, 11) is 0. The summed E-state index contributed by atoms with van der Waals surface area (Å²) in [6.07, 6.45) is 0. The van der Waals surface area contributed by atoms with Crippen molar-refractivity contribution in [3.63, 3.8) is 0 Å². The maximum Gasteiger partial charge on any atom is 0.100 e. The van der Waals surface area contributed by atoms with E-state index in [2.05, 4.69) is 57.2 Å². The minimum atomic E-state index is 0.125. The van der Waals surface area contributed by atoms with Gasteiger partial charge >= 0.3 is 0 Å². The van der Waals surface area contributed by atoms with E-state index < -0.39 is 0 Å². The summed E-state index contributed by atoms with van der Waals surface area (Å²) in [5, 5.41) is 20.7. The van der Waals surface area contributed by atoms with Gasteiger partial charge in [0.1, 0.15) is 6.07 Å². The molecule has 3 rings (SSSR count). The maximum absolute atomic E-state index is 9.61. The molecule has 0 aromatic heterocycles. The van der Waals surface area contributed by atoms with Crippen LogP contribution in [0.3, 0.4) is 0 Å². The van der Waals surface area contributed by atoms with E-state index in [9.17, 15) is 10.5 Å². The van der Waals surface area contributed by atoms with Crippen molar-refractivity contribution in [2.75, 3.05) is 0 Å². The second kappa shape index (κ2) is 7.62. The van der Waals surface area contributed by atoms with Crippen molar-refractivity contribution >= 4 is 10.8 Å². The van der Waals surface area contributed by atoms with Gasteiger partial charge in [-0.15, -0.1) is 0 Å². The molecule has 0 aliphatic carbocycles. The average molecular weight is 354 g/mol. The number of hydrogen-bond donors (Lipinski definition) is 0. The molecule has 0 aliphatic rings. The van der Waals surface area contributed by atoms with Crippen LogP contribution < -0.4 is 0 Å². The molecule has 0 saturated heterocycles. The Bertz CT molecular complexity index is 1050. The monoisotopic (exact) mass is 354 g/mol. The maximum atomic E-state index is 9.61. The van der Waals surface area contributed by atoms with Crippen LogP contribution in [0.25, 0.3) is 10.8 Å². The molecule has 0 bridgehead atoms. The molecule has 0 spiro atoms. The highest BCUT2D eigenvalue weighted by molar-refractivity contribution is 5.93. The van der Waals surface area contributed by atoms with E-state index >= 15 is 0 Å². The number of rotatable bonds is 4. The lowest BCUT2D eigenvalue weighted by Gasteiger charge is -2.19. The number of fused-ring (bicyclic) bond motifs is 1. The minimum Gasteiger partial charge on any atom is -0.372 e. The van der Waals surface area contributed by atoms with Gasteiger partial charge in [0, 0.05) is 10.8 Å². The average Bonchev–Trinajstić information content (AvgIpc) is 2.67. The zero-order chi connectivity index (χ0) is 19.4. The van der Waals surface area contributed by atoms with Crippen molar-refractivity contribution < 1.29 is 4.74 Å². The molecule has 3 aromatic carbocycles. The van der Waals surface area contributed by atoms with Gasteiger partial charge in [-0.25, -0.2) is 0 Å². The van der Waals surface area contributed by atoms with Gasteiger partial charge < -0.3 is 4.74 Å². The van der Waals surface area contributed by atoms with E-state index in [0.717, 1.165) is 21.9 Å². The summed E-state index contributed by atoms with van der Waals surface area (Å²) >= 11 is 0. The lowest BCUT2D eigenvalue weighted by atomic mass is 9.87. The first-order valence-electron chi connectivity index (χ1n) is 8.96. The third kappa shape index (κ3) is 4.00. The fraction of sp³-hybridized carbons (Fsp3) is 0.250. The number of nitriles is 2. The zero-order valence-electron chi connectivity index (χ0n) is 15.9. The Morgan fingerprint density at radius 3 is 2.11 bits per heavy atom. The van der Waals surface area contributed by atoms with Crippen LogP contribution >= 0.6 is 0 Å². The predicted molar refractivity (Wildman–Crippen MR) is 107 cm³/mol. The molecule has 0 heterocycles. The Balaban J connectivity index is 1.80. The van der Waals surface area contributed by atoms with Crippen LogP contribution in [0.15, 0.2) is 54.6 Å². The molecule has 0 unspecified atom stereocenters. The fourth-order valence-corrected chi connectivity index (χ4v) is 3.15. The molecule has 134 valence electrons. The molecular formula is C24H22N2O. The zero-order valence-corrected chi connectivity index (χ0v) is 15.9. The van der Waals surface area contributed by atoms with E-state index in [4.69, 9.17) is 4.74 Å². The normalized spacial score (nSPS) is 11.1. The Morgan fingerprint density at radius 1 is 0.852 bits per heavy atom. The molecule has 3 heteroatoms. The first kappa shape index (κ1) is 18.6. The van der Waals surface area contributed by atoms with Crippen molar-refractivity contribution in [2.24, 2.45) is 0 Å². The molecular weight excluding hydrogens is 332 g/mol. The Hall–Kier alpha value is -3.14. The summed E-state index contributed by atoms with van der Waals surface area (Å²) in [4.78, 5) is 0. The van der Waals surface area contributed by atoms with Crippen LogP contribution in [-0.2, 0) is 23.4 Å². The first-order valence-corrected chi connectivity index (χ1v) is 8.96. The van der Waals surface area contributed by atoms with Gasteiger partial charge in [-0.3, -0.25) is 0 Å². The summed E-state index contributed by atoms with van der Waals surface area (Å²) in [5.41, 5.74) is 4.39. The van der Waals surface area contributed by atoms with Crippen molar-refractivity contribution in [3.05, 3.63) is 82.4 Å². The number of benzene rings is 3. The minimum absolute atomic E-state index is 0.125. The largest absolute Gasteiger partial charge is 0.372 e. The lowest BCUT2D eigenvalue weighted by Crippen LogP contribution is -2.10. The predicted octanol–water partition coefficient (Wildman–Crippen LogP) is 5.60. The Morgan fingerprint density at radius 2 is 1.52 bits per heavy atom. The van der Waals surface area contributed by atoms with E-state index in [1.165, 1.54) is 5.56 Å². The molecule has 0 saturated carbocycles. The second-order valence-electron chi connectivity index (χ2n) is 7.67. The van der Waals surface area contributed by atoms with Gasteiger partial charge in [-0.05, 0) is 28.2 Å². The molecule has 0 N–H and O–H groups in total. The molecule has 3 nitrogen and oxygen atoms in total. The molecule has 0 amide bonds. The molecule has 0 radical (unpaired) electrons. The summed E-state index contributed by atoms with van der Waals surface area (Å²) < 4.78 is 5.86. The summed E-state index contributed by atoms with van der Waals surface area (Å²) in [5.74, 6) is 0. The summed E-state index contributed by atoms with van der Waals surface area (Å²) in [6.45, 7) is 7.32. The van der Waals surface area contributed by atoms with Gasteiger partial charge in [-0.2, -0.15) is 10.5 Å². The smallest absolute Gasteiger partial charge is 0.100 e. The molecule has 0 fully saturated rings. The van der Waals surface area contributed by atoms with Crippen LogP contribution in [0.1, 0.15) is 48.6 Å². The lowest BCUT2D eigenvalue weighted by molar-refractivity contribution is 0.107. The van der Waals surface area contributed by atoms with Crippen molar-refractivity contribution in [1.29, 1.82) is 10.5 Å². The highest BCUT2D eigenvalue weighted by Crippen LogP contribution is 2.27. The first-order chi connectivity index (χ1) is 12.9. The van der Waals surface area contributed by atoms with Crippen LogP contribution in [-0.4, -0.2) is 0 Å². The third-order valence-electron chi connectivity index (χ3n) is 4.70. The highest BCUT2D eigenvalue weighted by atomic mass is 16.5. The molecule has 27 heavy (non-hydrogen) atoms. The van der Waals surface area contributed by atoms with Crippen molar-refractivity contribution in [2.45, 2.75) is 39.4 Å². The number of nitrogens with zero attached hydrogens (tertiary/aromatic N) is 2. The van der Waals surface area contributed by atoms with Gasteiger partial charge in [0.15, 0.2) is 0 Å². The van der Waals surface area contributed by atoms with Gasteiger partial charge in [0.25, 0.3) is 0 Å². The van der Waals surface area contributed by atoms with E-state index in [1.54, 1.807) is 6.07 Å². The Kier molecular flexibility index (Phi) is 5.26. The van der Waals surface area contributed by atoms with Gasteiger partial charge in [0.2, 0.25) is 0 Å². The number of hydrogen-bond acceptors (Lipinski definition) is 3. The molecule has 0 aliphatic heterocycles. The quantitative estimate of drug-likeness (QED) is 0.613. The van der Waals surface area contributed by atoms with E-state index in [1.807, 2.05) is 24.3 Å². The summed E-state index contributed by atoms with van der Waals surface area (Å²) in [6, 6.07) is 22.2. The van der Waals surface area contributed by atoms with Crippen LogP contribution in [0, 0.1) is 22.7 Å². The van der Waals surface area contributed by atoms with Crippen LogP contribution in [0.4, 0.5) is 0 Å². The second-order valence-corrected chi connectivity index (χ2v) is 7.67. The molecule has 0 atom stereocenters. The van der Waals surface area contributed by atoms with Crippen LogP contribution in [0.5, 0.6) is 0 Å². The van der Waals surface area contributed by atoms with Crippen molar-refractivity contribution in [1.82, 2.24) is 0 Å². The standard InChI is InChI=1S/C24H22N2O/c1-24(2,3)20-10-8-17(9-11-20)15-27-16-19-12-18(13-25)21-6-4-5-7-22(21)23(19)14-26/h4-12H,15-16H2,1-3H3. The topological polar surface area (TPSA) is 56.8 Å². The fourth-order valence-electron chi connectivity index (χ4n) is 3.15. The number of ether oxygens (including phenoxy) is 1. The van der Waals surface area contributed by atoms with Crippen molar-refractivity contribution in [3.8, 4) is 12.1 Å². The third-order valence-corrected chi connectivity index (χ3v) is 4.70. The van der Waals surface area contributed by atoms with E-state index in [-0.39, 0.29) is 5.41 Å². The van der Waals surface area contributed by atoms with E-state index in [0.29, 0.717) is 24.3 Å². The highest BCUT2D eigenvalue weighted by Gasteiger charge is 2.14. The van der Waals surface area contributed by atoms with Crippen LogP contribution in [0.2, 0.25) is 0 Å². The molecule has 3 aromatic rings. The SMILES string of the molecule is CC(C)(C)c1ccc(COCc2cc(C#N)c3ccccc3c2C#N)cc1. The van der Waals surface area contributed by atoms with Gasteiger partial charge in [0.05, 0.1) is 30.4 Å². The van der Waals surface area contributed by atoms with Gasteiger partial charge in [-0.1, -0.05) is 69.3 Å². The Labute approximate surface area is 160 Å².